The number of rotatable bonds is 36. The van der Waals surface area contributed by atoms with E-state index in [1.54, 1.807) is 94.2 Å². The molecule has 802 valence electrons. The number of aromatic nitrogens is 6. The van der Waals surface area contributed by atoms with Gasteiger partial charge in [0.05, 0.1) is 119 Å². The van der Waals surface area contributed by atoms with Crippen LogP contribution in [-0.4, -0.2) is 319 Å². The molecule has 0 atom stereocenters. The number of nitrogens with one attached hydrogen (secondary N) is 2. The third-order valence-corrected chi connectivity index (χ3v) is 23.1. The van der Waals surface area contributed by atoms with E-state index in [9.17, 15) is 24.0 Å². The molecule has 5 aliphatic rings. The van der Waals surface area contributed by atoms with Gasteiger partial charge in [-0.3, -0.25) is 58.2 Å². The molecule has 4 aromatic heterocycles. The van der Waals surface area contributed by atoms with Crippen molar-refractivity contribution in [2.24, 2.45) is 11.1 Å². The number of benzene rings is 5. The molecule has 36 heteroatoms. The van der Waals surface area contributed by atoms with Gasteiger partial charge in [-0.25, -0.2) is 11.3 Å². The Morgan fingerprint density at radius 1 is 0.503 bits per heavy atom. The smallest absolute Gasteiger partial charge is 0.315 e. The number of alkyl halides is 1. The van der Waals surface area contributed by atoms with Gasteiger partial charge in [-0.15, -0.1) is 24.0 Å². The molecule has 14 rings (SSSR count). The molecule has 145 heavy (non-hydrogen) atoms. The molecule has 0 radical (unpaired) electrons. The van der Waals surface area contributed by atoms with Crippen LogP contribution < -0.4 is 45.8 Å². The Morgan fingerprint density at radius 2 is 0.910 bits per heavy atom. The molecule has 0 saturated carbocycles. The number of Topliss-reactive ketones (excluding diaryl/α,β-unsaturated/α-hetero) is 2. The minimum atomic E-state index is -0.344. The summed E-state index contributed by atoms with van der Waals surface area (Å²) in [4.78, 5) is 83.7. The van der Waals surface area contributed by atoms with E-state index in [4.69, 9.17) is 96.7 Å². The van der Waals surface area contributed by atoms with Gasteiger partial charge in [0, 0.05) is 202 Å². The average Bonchev–Trinajstić information content (AvgIpc) is 1.07. The highest BCUT2D eigenvalue weighted by Crippen LogP contribution is 2.39. The molecule has 7 N–H and O–H groups in total. The number of carbonyl (C=O) groups is 5. The lowest BCUT2D eigenvalue weighted by molar-refractivity contribution is -0.133. The zero-order valence-electron chi connectivity index (χ0n) is 89.0. The van der Waals surface area contributed by atoms with Crippen LogP contribution in [-0.2, 0) is 100 Å². The van der Waals surface area contributed by atoms with Gasteiger partial charge >= 0.3 is 5.97 Å². The Labute approximate surface area is 871 Å². The van der Waals surface area contributed by atoms with Gasteiger partial charge in [-0.1, -0.05) is 126 Å². The van der Waals surface area contributed by atoms with Crippen LogP contribution in [0.5, 0.6) is 40.2 Å². The first-order chi connectivity index (χ1) is 69.2. The predicted molar refractivity (Wildman–Crippen MR) is 577 cm³/mol. The summed E-state index contributed by atoms with van der Waals surface area (Å²) in [7, 11) is 3.19. The maximum Gasteiger partial charge on any atom is 0.315 e. The van der Waals surface area contributed by atoms with Crippen LogP contribution in [0.1, 0.15) is 151 Å². The van der Waals surface area contributed by atoms with Crippen LogP contribution in [0, 0.1) is 12.0 Å². The number of nitrogens with two attached hydrogens (primary N) is 2. The van der Waals surface area contributed by atoms with Crippen LogP contribution in [0.4, 0.5) is 17.2 Å². The molecule has 0 unspecified atom stereocenters. The van der Waals surface area contributed by atoms with Gasteiger partial charge in [0.15, 0.2) is 0 Å². The fourth-order valence-electron chi connectivity index (χ4n) is 14.5. The second kappa shape index (κ2) is 69.7. The number of anilines is 3. The second-order valence-corrected chi connectivity index (χ2v) is 37.9. The van der Waals surface area contributed by atoms with Crippen LogP contribution in [0.3, 0.4) is 0 Å². The number of pyridine rings is 2. The Balaban J connectivity index is 0.000000328. The molecule has 0 spiro atoms. The molecular weight excluding hydrogens is 1890 g/mol. The minimum absolute atomic E-state index is 0. The number of nitrogen functional groups attached to an aromatic ring is 1. The third-order valence-electron chi connectivity index (χ3n) is 22.9. The van der Waals surface area contributed by atoms with Crippen molar-refractivity contribution in [3.05, 3.63) is 179 Å². The molecule has 5 fully saturated rings. The quantitative estimate of drug-likeness (QED) is 0.00800. The average molecular weight is 2060 g/mol. The number of aliphatic hydroxyl groups is 1. The topological polar surface area (TPSA) is 374 Å². The van der Waals surface area contributed by atoms with Crippen molar-refractivity contribution < 1.29 is 85.9 Å². The van der Waals surface area contributed by atoms with E-state index >= 15 is 0 Å². The summed E-state index contributed by atoms with van der Waals surface area (Å²) in [6, 6.07) is 38.4. The maximum absolute atomic E-state index is 13.3. The first kappa shape index (κ1) is 125. The largest absolute Gasteiger partial charge is 0.489 e. The maximum atomic E-state index is 13.3. The summed E-state index contributed by atoms with van der Waals surface area (Å²) < 4.78 is 69.5. The van der Waals surface area contributed by atoms with Crippen molar-refractivity contribution in [2.75, 3.05) is 247 Å². The van der Waals surface area contributed by atoms with Crippen molar-refractivity contribution in [3.63, 3.8) is 0 Å². The first-order valence-electron chi connectivity index (χ1n) is 50.3. The minimum Gasteiger partial charge on any atom is -0.489 e. The molecule has 2 amide bonds. The SMILES string of the molecule is C1CCOC1.CC(C)(C)c1cc(N)n(CCN2CCOCC2)n1.CCN(CC)CC.CCO.COCCOc1cc2nccc(Oc3ccc(CC(=O)Cc4cc(C(C)(C)C)nn4CCN4CCOCC4)cc3)c2cc1NC(C)=O.COCCOc1cc2nccc(Oc3ccc(CC(=O)Oc4ccccc4)cc3)c2cc1NC(C)=O.Cl.ClCCN1CCOCC1.NCCCN1CCOCC1.[C-]#[N+]CC(=O)C(C)(C)C. The van der Waals surface area contributed by atoms with Crippen LogP contribution >= 0.6 is 24.0 Å². The van der Waals surface area contributed by atoms with E-state index in [0.717, 1.165) is 216 Å². The highest BCUT2D eigenvalue weighted by Gasteiger charge is 2.26. The van der Waals surface area contributed by atoms with Crippen LogP contribution in [0.2, 0.25) is 0 Å². The number of ether oxygens (including phenoxy) is 12. The van der Waals surface area contributed by atoms with Crippen LogP contribution in [0.25, 0.3) is 26.7 Å². The Bertz CT molecular complexity index is 5180. The second-order valence-electron chi connectivity index (χ2n) is 37.6. The van der Waals surface area contributed by atoms with Crippen molar-refractivity contribution in [1.82, 2.24) is 54.0 Å². The Kier molecular flexibility index (Phi) is 60.1. The molecular formula is C109H164Cl2N16O18. The summed E-state index contributed by atoms with van der Waals surface area (Å²) in [5.74, 6) is 4.69. The molecule has 5 aromatic carbocycles. The normalized spacial score (nSPS) is 14.3. The standard InChI is InChI=1S/C36H45N5O6.C28H26N2O6.C13H24N4O.C7H16N2O.C7H11NO.C6H12ClNO.C6H15N.C4H8O.C2H6O.ClH/c1-25(42)38-32-23-30-31(24-34(32)46-19-18-44-5)37-11-10-33(30)47-29-8-6-26(7-9-29)20-28(43)21-27-22-35(36(2,3)4)39-41(27)13-12-40-14-16-45-17-15-40;1-19(31)30-25-17-23-24(18-27(25)34-15-14-33-2)29-13-12-26(23)35-22-10-8-20(9-11-22)16-28(32)36-21-6-4-3-5-7-21;1-13(2,3)11-10-12(14)17(15-11)5-4-16-6-8-18-9-7-16;8-2-1-3-9-4-6-10-7-5-9;1-7(2,3)6(9)5-8-4;7-1-2-8-3-5-9-6-4-8;1-4-7(5-2)6-3;1-2-4-5-3-1;1-2-3;/h6-11,22-24H,12-21H2,1-5H3,(H,38,42);3-13,17-18H,14-16H2,1-2H3,(H,30,31);10H,4-9,14H2,1-3H3;1-8H2;5H2,1-3H3;1-6H2;4-6H2,1-3H3;1-4H2;3H,2H2,1H3;1H. The fourth-order valence-corrected chi connectivity index (χ4v) is 14.7. The Morgan fingerprint density at radius 3 is 1.28 bits per heavy atom. The number of hydrogen-bond acceptors (Lipinski definition) is 29. The van der Waals surface area contributed by atoms with Crippen molar-refractivity contribution in [1.29, 1.82) is 0 Å². The van der Waals surface area contributed by atoms with Gasteiger partial charge in [0.25, 0.3) is 6.54 Å². The monoisotopic (exact) mass is 2060 g/mol. The highest BCUT2D eigenvalue weighted by atomic mass is 35.5. The number of halogens is 2. The van der Waals surface area contributed by atoms with E-state index in [2.05, 4.69) is 123 Å². The number of hydrogen-bond donors (Lipinski definition) is 5. The molecule has 9 aromatic rings. The molecule has 5 saturated heterocycles. The fraction of sp³-hybridized carbons (Fsp3) is 0.560. The van der Waals surface area contributed by atoms with E-state index in [1.165, 1.54) is 46.3 Å². The van der Waals surface area contributed by atoms with Gasteiger partial charge in [-0.05, 0) is 137 Å². The molecule has 34 nitrogen and oxygen atoms in total. The summed E-state index contributed by atoms with van der Waals surface area (Å²) >= 11 is 5.55. The van der Waals surface area contributed by atoms with Crippen molar-refractivity contribution in [3.8, 4) is 40.2 Å². The number of fused-ring (bicyclic) bond motifs is 2. The number of para-hydroxylation sites is 1. The lowest BCUT2D eigenvalue weighted by Crippen LogP contribution is -2.38. The zero-order chi connectivity index (χ0) is 105. The van der Waals surface area contributed by atoms with E-state index < -0.39 is 0 Å². The lowest BCUT2D eigenvalue weighted by Gasteiger charge is -2.26. The van der Waals surface area contributed by atoms with Gasteiger partial charge in [0.1, 0.15) is 65.1 Å². The molecule has 0 aliphatic carbocycles. The lowest BCUT2D eigenvalue weighted by atomic mass is 9.91. The summed E-state index contributed by atoms with van der Waals surface area (Å²) in [5.41, 5.74) is 18.0. The summed E-state index contributed by atoms with van der Waals surface area (Å²) in [5, 5.41) is 24.1. The number of esters is 1. The van der Waals surface area contributed by atoms with Crippen LogP contribution in [0.15, 0.2) is 140 Å². The van der Waals surface area contributed by atoms with E-state index in [-0.39, 0.29) is 77.6 Å². The highest BCUT2D eigenvalue weighted by molar-refractivity contribution is 6.18. The van der Waals surface area contributed by atoms with Gasteiger partial charge < -0.3 is 93.8 Å². The molecule has 5 aliphatic heterocycles. The zero-order valence-corrected chi connectivity index (χ0v) is 90.5. The van der Waals surface area contributed by atoms with E-state index in [0.29, 0.717) is 107 Å². The number of aliphatic hydroxyl groups excluding tert-OH is 1. The van der Waals surface area contributed by atoms with Gasteiger partial charge in [0.2, 0.25) is 17.6 Å². The number of carbonyl (C=O) groups excluding carboxylic acids is 5. The summed E-state index contributed by atoms with van der Waals surface area (Å²) in [6.07, 6.45) is 7.74. The molecule has 9 heterocycles. The third kappa shape index (κ3) is 49.3. The Hall–Kier alpha value is -10.4. The summed E-state index contributed by atoms with van der Waals surface area (Å²) in [6.45, 7) is 64.4. The van der Waals surface area contributed by atoms with Crippen molar-refractivity contribution in [2.45, 2.75) is 166 Å². The first-order valence-corrected chi connectivity index (χ1v) is 50.8. The van der Waals surface area contributed by atoms with Crippen molar-refractivity contribution >= 4 is 92.4 Å². The number of amides is 2. The number of morpholine rings is 4. The number of nitrogens with zero attached hydrogens (tertiary/aromatic N) is 12. The number of methoxy groups -OCH3 is 2. The van der Waals surface area contributed by atoms with Gasteiger partial charge in [-0.2, -0.15) is 10.2 Å². The van der Waals surface area contributed by atoms with E-state index in [1.807, 2.05) is 90.8 Å². The molecule has 0 bridgehead atoms. The predicted octanol–water partition coefficient (Wildman–Crippen LogP) is 15.8. The number of ketones is 2.